The Morgan fingerprint density at radius 2 is 1.79 bits per heavy atom. The Bertz CT molecular complexity index is 259. The molecule has 0 amide bonds. The van der Waals surface area contributed by atoms with Crippen molar-refractivity contribution in [1.82, 2.24) is 4.31 Å². The molecule has 2 N–H and O–H groups in total. The average molecular weight is 243 g/mol. The van der Waals surface area contributed by atoms with E-state index >= 15 is 0 Å². The molecule has 0 aliphatic carbocycles. The van der Waals surface area contributed by atoms with Gasteiger partial charge in [-0.25, -0.2) is 12.7 Å². The van der Waals surface area contributed by atoms with Crippen LogP contribution in [0, 0.1) is 5.92 Å². The van der Waals surface area contributed by atoms with Gasteiger partial charge in [0.15, 0.2) is 0 Å². The second-order valence-electron chi connectivity index (χ2n) is 3.86. The summed E-state index contributed by atoms with van der Waals surface area (Å²) < 4.78 is 23.8. The summed E-state index contributed by atoms with van der Waals surface area (Å²) in [5.74, 6) is 0.484. The van der Waals surface area contributed by atoms with Crippen molar-refractivity contribution in [3.05, 3.63) is 0 Å². The van der Waals surface area contributed by atoms with E-state index in [0.29, 0.717) is 19.0 Å². The molecule has 0 aromatic rings. The largest absolute Gasteiger partial charge is 0.328 e. The van der Waals surface area contributed by atoms with E-state index in [9.17, 15) is 8.42 Å². The van der Waals surface area contributed by atoms with Gasteiger partial charge in [0.25, 0.3) is 0 Å². The van der Waals surface area contributed by atoms with Gasteiger partial charge >= 0.3 is 0 Å². The number of halogens is 1. The zero-order valence-corrected chi connectivity index (χ0v) is 10.3. The molecular weight excluding hydrogens is 224 g/mol. The zero-order valence-electron chi connectivity index (χ0n) is 8.64. The second-order valence-corrected chi connectivity index (χ2v) is 5.84. The van der Waals surface area contributed by atoms with Crippen molar-refractivity contribution >= 4 is 22.4 Å². The minimum atomic E-state index is -2.98. The van der Waals surface area contributed by atoms with Gasteiger partial charge < -0.3 is 5.73 Å². The van der Waals surface area contributed by atoms with Gasteiger partial charge in [-0.3, -0.25) is 0 Å². The normalized spacial score (nSPS) is 22.8. The van der Waals surface area contributed by atoms with Gasteiger partial charge in [0, 0.05) is 19.1 Å². The molecule has 1 atom stereocenters. The molecule has 1 aliphatic rings. The summed E-state index contributed by atoms with van der Waals surface area (Å²) in [7, 11) is -2.98. The van der Waals surface area contributed by atoms with Crippen LogP contribution in [0.15, 0.2) is 0 Å². The van der Waals surface area contributed by atoms with Crippen LogP contribution in [0.25, 0.3) is 0 Å². The first kappa shape index (κ1) is 14.2. The molecule has 4 nitrogen and oxygen atoms in total. The lowest BCUT2D eigenvalue weighted by molar-refractivity contribution is 0.252. The van der Waals surface area contributed by atoms with Gasteiger partial charge in [0.05, 0.1) is 6.26 Å². The summed E-state index contributed by atoms with van der Waals surface area (Å²) >= 11 is 0. The number of nitrogens with two attached hydrogens (primary N) is 1. The lowest BCUT2D eigenvalue weighted by Gasteiger charge is -2.31. The van der Waals surface area contributed by atoms with Crippen molar-refractivity contribution in [3.8, 4) is 0 Å². The summed E-state index contributed by atoms with van der Waals surface area (Å²) in [6.45, 7) is 3.25. The van der Waals surface area contributed by atoms with Gasteiger partial charge in [0.1, 0.15) is 0 Å². The van der Waals surface area contributed by atoms with Crippen LogP contribution in [0.3, 0.4) is 0 Å². The van der Waals surface area contributed by atoms with E-state index in [2.05, 4.69) is 0 Å². The molecule has 1 saturated heterocycles. The summed E-state index contributed by atoms with van der Waals surface area (Å²) in [4.78, 5) is 0. The molecule has 0 saturated carbocycles. The van der Waals surface area contributed by atoms with Crippen LogP contribution < -0.4 is 5.73 Å². The van der Waals surface area contributed by atoms with E-state index in [-0.39, 0.29) is 18.4 Å². The number of sulfonamides is 1. The van der Waals surface area contributed by atoms with Crippen LogP contribution in [0.2, 0.25) is 0 Å². The van der Waals surface area contributed by atoms with Crippen molar-refractivity contribution in [2.75, 3.05) is 19.3 Å². The fraction of sp³-hybridized carbons (Fsp3) is 1.00. The van der Waals surface area contributed by atoms with Gasteiger partial charge in [0.2, 0.25) is 10.0 Å². The Morgan fingerprint density at radius 3 is 2.07 bits per heavy atom. The molecular formula is C8H19ClN2O2S. The first-order valence-corrected chi connectivity index (χ1v) is 6.47. The summed E-state index contributed by atoms with van der Waals surface area (Å²) in [5, 5.41) is 0. The standard InChI is InChI=1S/C8H18N2O2S.ClH/c1-7(9)8-3-5-10(6-4-8)13(2,11)12;/h7-8H,3-6,9H2,1-2H3;1H. The Kier molecular flexibility index (Phi) is 5.36. The molecule has 0 spiro atoms. The van der Waals surface area contributed by atoms with Gasteiger partial charge in [-0.05, 0) is 25.7 Å². The predicted molar refractivity (Wildman–Crippen MR) is 60.0 cm³/mol. The molecule has 14 heavy (non-hydrogen) atoms. The van der Waals surface area contributed by atoms with E-state index in [4.69, 9.17) is 5.73 Å². The highest BCUT2D eigenvalue weighted by molar-refractivity contribution is 7.88. The Morgan fingerprint density at radius 1 is 1.36 bits per heavy atom. The number of rotatable bonds is 2. The van der Waals surface area contributed by atoms with Crippen LogP contribution >= 0.6 is 12.4 Å². The lowest BCUT2D eigenvalue weighted by atomic mass is 9.92. The quantitative estimate of drug-likeness (QED) is 0.764. The van der Waals surface area contributed by atoms with Crippen molar-refractivity contribution in [2.45, 2.75) is 25.8 Å². The number of hydrogen-bond donors (Lipinski definition) is 1. The van der Waals surface area contributed by atoms with Crippen LogP contribution in [0.1, 0.15) is 19.8 Å². The molecule has 86 valence electrons. The lowest BCUT2D eigenvalue weighted by Crippen LogP contribution is -2.42. The molecule has 1 rings (SSSR count). The second kappa shape index (κ2) is 5.30. The average Bonchev–Trinajstić information content (AvgIpc) is 2.03. The Hall–Kier alpha value is 0.160. The predicted octanol–water partition coefficient (Wildman–Crippen LogP) is 0.427. The third-order valence-corrected chi connectivity index (χ3v) is 4.01. The molecule has 6 heteroatoms. The van der Waals surface area contributed by atoms with E-state index < -0.39 is 10.0 Å². The monoisotopic (exact) mass is 242 g/mol. The minimum Gasteiger partial charge on any atom is -0.328 e. The van der Waals surface area contributed by atoms with Crippen molar-refractivity contribution in [2.24, 2.45) is 11.7 Å². The molecule has 1 heterocycles. The zero-order chi connectivity index (χ0) is 10.1. The number of hydrogen-bond acceptors (Lipinski definition) is 3. The maximum Gasteiger partial charge on any atom is 0.211 e. The van der Waals surface area contributed by atoms with Crippen molar-refractivity contribution < 1.29 is 8.42 Å². The number of piperidine rings is 1. The van der Waals surface area contributed by atoms with Crippen molar-refractivity contribution in [3.63, 3.8) is 0 Å². The first-order valence-electron chi connectivity index (χ1n) is 4.62. The van der Waals surface area contributed by atoms with Crippen LogP contribution in [-0.2, 0) is 10.0 Å². The van der Waals surface area contributed by atoms with Crippen LogP contribution in [0.5, 0.6) is 0 Å². The third kappa shape index (κ3) is 3.73. The van der Waals surface area contributed by atoms with E-state index in [1.165, 1.54) is 10.6 Å². The van der Waals surface area contributed by atoms with E-state index in [1.54, 1.807) is 0 Å². The van der Waals surface area contributed by atoms with Crippen LogP contribution in [0.4, 0.5) is 0 Å². The highest BCUT2D eigenvalue weighted by Crippen LogP contribution is 2.20. The summed E-state index contributed by atoms with van der Waals surface area (Å²) in [5.41, 5.74) is 5.75. The third-order valence-electron chi connectivity index (χ3n) is 2.71. The van der Waals surface area contributed by atoms with Crippen LogP contribution in [-0.4, -0.2) is 38.1 Å². The molecule has 0 aromatic carbocycles. The highest BCUT2D eigenvalue weighted by atomic mass is 35.5. The minimum absolute atomic E-state index is 0. The summed E-state index contributed by atoms with van der Waals surface area (Å²) in [6, 6.07) is 0.182. The first-order chi connectivity index (χ1) is 5.91. The van der Waals surface area contributed by atoms with Gasteiger partial charge in [-0.15, -0.1) is 12.4 Å². The Balaban J connectivity index is 0.00000169. The maximum absolute atomic E-state index is 11.2. The van der Waals surface area contributed by atoms with E-state index in [1.807, 2.05) is 6.92 Å². The molecule has 1 unspecified atom stereocenters. The fourth-order valence-corrected chi connectivity index (χ4v) is 2.61. The van der Waals surface area contributed by atoms with Gasteiger partial charge in [-0.2, -0.15) is 0 Å². The smallest absolute Gasteiger partial charge is 0.211 e. The topological polar surface area (TPSA) is 63.4 Å². The molecule has 0 bridgehead atoms. The molecule has 0 radical (unpaired) electrons. The summed E-state index contributed by atoms with van der Waals surface area (Å²) in [6.07, 6.45) is 3.05. The fourth-order valence-electron chi connectivity index (χ4n) is 1.73. The number of nitrogens with zero attached hydrogens (tertiary/aromatic N) is 1. The molecule has 0 aromatic heterocycles. The Labute approximate surface area is 92.3 Å². The highest BCUT2D eigenvalue weighted by Gasteiger charge is 2.26. The van der Waals surface area contributed by atoms with Gasteiger partial charge in [-0.1, -0.05) is 0 Å². The van der Waals surface area contributed by atoms with E-state index in [0.717, 1.165) is 12.8 Å². The molecule has 1 aliphatic heterocycles. The molecule has 1 fully saturated rings. The van der Waals surface area contributed by atoms with Crippen molar-refractivity contribution in [1.29, 1.82) is 0 Å². The maximum atomic E-state index is 11.2. The SMILES string of the molecule is CC(N)C1CCN(S(C)(=O)=O)CC1.Cl.